The molecule has 1 fully saturated rings. The zero-order valence-electron chi connectivity index (χ0n) is 23.3. The number of carboxylic acid groups (broad SMARTS) is 1. The Morgan fingerprint density at radius 3 is 2.27 bits per heavy atom. The number of hydrogen-bond acceptors (Lipinski definition) is 12. The highest BCUT2D eigenvalue weighted by molar-refractivity contribution is 5.90. The molecular formula is C30H29N3O12. The lowest BCUT2D eigenvalue weighted by Crippen LogP contribution is -2.70. The molecule has 15 heteroatoms. The van der Waals surface area contributed by atoms with E-state index in [1.165, 1.54) is 24.3 Å². The van der Waals surface area contributed by atoms with E-state index in [-0.39, 0.29) is 29.1 Å². The fourth-order valence-corrected chi connectivity index (χ4v) is 5.01. The molecule has 3 aromatic carbocycles. The number of fused-ring (bicyclic) bond motifs is 1. The van der Waals surface area contributed by atoms with E-state index in [1.54, 1.807) is 30.3 Å². The number of phenolic OH excluding ortho intramolecular Hbond substituents is 3. The number of aliphatic hydroxyl groups excluding tert-OH is 2. The molecule has 45 heavy (non-hydrogen) atoms. The summed E-state index contributed by atoms with van der Waals surface area (Å²) in [7, 11) is 0. The smallest absolute Gasteiger partial charge is 0.335 e. The zero-order valence-corrected chi connectivity index (χ0v) is 23.3. The van der Waals surface area contributed by atoms with E-state index in [0.717, 1.165) is 11.6 Å². The monoisotopic (exact) mass is 623 g/mol. The van der Waals surface area contributed by atoms with Crippen LogP contribution in [0.3, 0.4) is 0 Å². The summed E-state index contributed by atoms with van der Waals surface area (Å²) in [5, 5.41) is 73.3. The van der Waals surface area contributed by atoms with Gasteiger partial charge < -0.3 is 61.1 Å². The number of guanidine groups is 1. The molecule has 1 aliphatic rings. The van der Waals surface area contributed by atoms with Crippen molar-refractivity contribution >= 4 is 22.9 Å². The molecule has 1 aliphatic heterocycles. The molecule has 0 spiro atoms. The number of aliphatic imine (C=N–C) groups is 1. The van der Waals surface area contributed by atoms with E-state index in [0.29, 0.717) is 5.56 Å². The van der Waals surface area contributed by atoms with Crippen molar-refractivity contribution in [2.24, 2.45) is 16.5 Å². The molecular weight excluding hydrogens is 594 g/mol. The maximum atomic E-state index is 13.8. The summed E-state index contributed by atoms with van der Waals surface area (Å²) in [5.74, 6) is -4.86. The molecule has 0 radical (unpaired) electrons. The zero-order chi connectivity index (χ0) is 32.6. The molecule has 0 bridgehead atoms. The summed E-state index contributed by atoms with van der Waals surface area (Å²) >= 11 is 0. The van der Waals surface area contributed by atoms with E-state index in [4.69, 9.17) is 25.4 Å². The van der Waals surface area contributed by atoms with Crippen molar-refractivity contribution in [1.82, 2.24) is 0 Å². The Hall–Kier alpha value is -5.35. The second-order valence-corrected chi connectivity index (χ2v) is 10.4. The van der Waals surface area contributed by atoms with Gasteiger partial charge >= 0.3 is 5.97 Å². The van der Waals surface area contributed by atoms with Gasteiger partial charge in [0.25, 0.3) is 0 Å². The Morgan fingerprint density at radius 2 is 1.64 bits per heavy atom. The fraction of sp³-hybridized carbons (Fsp3) is 0.233. The first-order valence-electron chi connectivity index (χ1n) is 13.4. The molecule has 0 saturated carbocycles. The van der Waals surface area contributed by atoms with E-state index >= 15 is 0 Å². The Balaban J connectivity index is 1.63. The quantitative estimate of drug-likeness (QED) is 0.0715. The van der Waals surface area contributed by atoms with Crippen LogP contribution >= 0.6 is 0 Å². The molecule has 1 saturated heterocycles. The number of aromatic hydroxyl groups is 3. The van der Waals surface area contributed by atoms with Gasteiger partial charge in [-0.2, -0.15) is 0 Å². The van der Waals surface area contributed by atoms with Gasteiger partial charge in [0, 0.05) is 23.6 Å². The van der Waals surface area contributed by atoms with Crippen molar-refractivity contribution in [3.8, 4) is 34.3 Å². The van der Waals surface area contributed by atoms with Crippen LogP contribution in [0.2, 0.25) is 0 Å². The summed E-state index contributed by atoms with van der Waals surface area (Å²) in [4.78, 5) is 29.2. The van der Waals surface area contributed by atoms with Gasteiger partial charge in [-0.1, -0.05) is 30.3 Å². The number of phenols is 3. The van der Waals surface area contributed by atoms with Gasteiger partial charge in [-0.3, -0.25) is 9.79 Å². The fourth-order valence-electron chi connectivity index (χ4n) is 5.01. The van der Waals surface area contributed by atoms with Crippen LogP contribution in [0.25, 0.3) is 22.3 Å². The van der Waals surface area contributed by atoms with Crippen LogP contribution in [-0.4, -0.2) is 84.4 Å². The van der Waals surface area contributed by atoms with Crippen molar-refractivity contribution in [2.45, 2.75) is 36.6 Å². The van der Waals surface area contributed by atoms with Crippen LogP contribution in [-0.2, 0) is 16.0 Å². The standard InChI is InChI=1S/C30H29N3O12/c31-29(32)33-12-30(42)25(38)24(27(40)41)45-28(26(30)39)44-18-11-17-19(22(37)21(18)36)20(35)16(10-13-4-2-1-3-5-13)23(43-17)14-6-8-15(34)9-7-14/h1-9,11,24-26,28,34,36-39,42H,10,12H2,(H,40,41)(H4,31,32,33)/t24-,25+,26-,28+,30-/m0/s1. The van der Waals surface area contributed by atoms with Crippen LogP contribution < -0.4 is 21.6 Å². The van der Waals surface area contributed by atoms with Gasteiger partial charge in [-0.15, -0.1) is 0 Å². The molecule has 15 nitrogen and oxygen atoms in total. The lowest BCUT2D eigenvalue weighted by molar-refractivity contribution is -0.303. The normalized spacial score (nSPS) is 23.0. The molecule has 5 atom stereocenters. The summed E-state index contributed by atoms with van der Waals surface area (Å²) in [6, 6.07) is 15.7. The number of carbonyl (C=O) groups is 1. The minimum absolute atomic E-state index is 0.0413. The van der Waals surface area contributed by atoms with E-state index in [1.807, 2.05) is 0 Å². The lowest BCUT2D eigenvalue weighted by atomic mass is 9.84. The maximum absolute atomic E-state index is 13.8. The largest absolute Gasteiger partial charge is 0.508 e. The van der Waals surface area contributed by atoms with Crippen LogP contribution in [0.4, 0.5) is 0 Å². The second kappa shape index (κ2) is 12.0. The molecule has 1 aromatic heterocycles. The number of rotatable bonds is 8. The number of aliphatic hydroxyl groups is 3. The molecule has 5 rings (SSSR count). The summed E-state index contributed by atoms with van der Waals surface area (Å²) in [6.45, 7) is -0.866. The van der Waals surface area contributed by atoms with Gasteiger partial charge in [0.15, 0.2) is 23.6 Å². The number of carboxylic acids is 1. The van der Waals surface area contributed by atoms with Gasteiger partial charge in [0.2, 0.25) is 17.5 Å². The molecule has 0 amide bonds. The number of benzene rings is 3. The van der Waals surface area contributed by atoms with Crippen LogP contribution in [0, 0.1) is 0 Å². The van der Waals surface area contributed by atoms with Crippen molar-refractivity contribution in [1.29, 1.82) is 0 Å². The molecule has 236 valence electrons. The average Bonchev–Trinajstić information content (AvgIpc) is 3.01. The number of aliphatic carboxylic acids is 1. The van der Waals surface area contributed by atoms with Crippen molar-refractivity contribution in [3.63, 3.8) is 0 Å². The van der Waals surface area contributed by atoms with E-state index in [9.17, 15) is 45.3 Å². The van der Waals surface area contributed by atoms with Crippen LogP contribution in [0.15, 0.2) is 74.9 Å². The van der Waals surface area contributed by atoms with E-state index in [2.05, 4.69) is 4.99 Å². The molecule has 11 N–H and O–H groups in total. The average molecular weight is 624 g/mol. The Labute approximate surface area is 253 Å². The number of nitrogens with two attached hydrogens (primary N) is 2. The van der Waals surface area contributed by atoms with Gasteiger partial charge in [-0.05, 0) is 29.8 Å². The Bertz CT molecular complexity index is 1820. The minimum atomic E-state index is -2.71. The lowest BCUT2D eigenvalue weighted by Gasteiger charge is -2.45. The number of nitrogens with zero attached hydrogens (tertiary/aromatic N) is 1. The third-order valence-electron chi connectivity index (χ3n) is 7.39. The number of hydrogen-bond donors (Lipinski definition) is 9. The SMILES string of the molecule is NC(N)=NC[C@]1(O)[C@H](O)[C@@H](C(=O)O)O[C@@H](Oc2cc3oc(-c4ccc(O)cc4)c(Cc4ccccc4)c(=O)c3c(O)c2O)[C@@H]1O. The van der Waals surface area contributed by atoms with Crippen molar-refractivity contribution < 1.29 is 54.4 Å². The highest BCUT2D eigenvalue weighted by Gasteiger charge is 2.58. The molecule has 0 unspecified atom stereocenters. The van der Waals surface area contributed by atoms with Gasteiger partial charge in [0.05, 0.1) is 6.54 Å². The molecule has 4 aromatic rings. The maximum Gasteiger partial charge on any atom is 0.335 e. The van der Waals surface area contributed by atoms with Gasteiger partial charge in [-0.25, -0.2) is 4.79 Å². The topological polar surface area (TPSA) is 272 Å². The predicted molar refractivity (Wildman–Crippen MR) is 157 cm³/mol. The molecule has 0 aliphatic carbocycles. The Kier molecular flexibility index (Phi) is 8.27. The van der Waals surface area contributed by atoms with Crippen molar-refractivity contribution in [2.75, 3.05) is 6.54 Å². The predicted octanol–water partition coefficient (Wildman–Crippen LogP) is 0.0822. The highest BCUT2D eigenvalue weighted by atomic mass is 16.7. The summed E-state index contributed by atoms with van der Waals surface area (Å²) < 4.78 is 16.8. The molecule has 2 heterocycles. The highest BCUT2D eigenvalue weighted by Crippen LogP contribution is 2.44. The number of ether oxygens (including phenoxy) is 2. The first-order valence-corrected chi connectivity index (χ1v) is 13.4. The first kappa shape index (κ1) is 31.1. The van der Waals surface area contributed by atoms with Crippen LogP contribution in [0.5, 0.6) is 23.0 Å². The first-order chi connectivity index (χ1) is 21.3. The second-order valence-electron chi connectivity index (χ2n) is 10.4. The van der Waals surface area contributed by atoms with Gasteiger partial charge in [0.1, 0.15) is 40.3 Å². The third-order valence-corrected chi connectivity index (χ3v) is 7.39. The Morgan fingerprint density at radius 1 is 0.978 bits per heavy atom. The van der Waals surface area contributed by atoms with E-state index < -0.39 is 76.7 Å². The third kappa shape index (κ3) is 5.80. The summed E-state index contributed by atoms with van der Waals surface area (Å²) in [6.07, 6.45) is -8.62. The van der Waals surface area contributed by atoms with Crippen molar-refractivity contribution in [3.05, 3.63) is 82.0 Å². The summed E-state index contributed by atoms with van der Waals surface area (Å²) in [5.41, 5.74) is 8.14. The minimum Gasteiger partial charge on any atom is -0.508 e. The van der Waals surface area contributed by atoms with Crippen LogP contribution in [0.1, 0.15) is 11.1 Å².